The number of rotatable bonds is 4. The molecule has 0 spiro atoms. The molecule has 1 heterocycles. The summed E-state index contributed by atoms with van der Waals surface area (Å²) >= 11 is 0. The summed E-state index contributed by atoms with van der Waals surface area (Å²) in [6.45, 7) is 3.85. The number of hydrogen-bond donors (Lipinski definition) is 2. The van der Waals surface area contributed by atoms with Crippen molar-refractivity contribution in [3.8, 4) is 0 Å². The van der Waals surface area contributed by atoms with Gasteiger partial charge in [-0.2, -0.15) is 0 Å². The number of ketones is 1. The lowest BCUT2D eigenvalue weighted by Crippen LogP contribution is -2.63. The van der Waals surface area contributed by atoms with Crippen LogP contribution in [0.2, 0.25) is 0 Å². The predicted octanol–water partition coefficient (Wildman–Crippen LogP) is 3.19. The zero-order chi connectivity index (χ0) is 24.5. The van der Waals surface area contributed by atoms with Crippen LogP contribution in [-0.4, -0.2) is 45.9 Å². The standard InChI is InChI=1S/C26H30O8/c1-24-11-14(13-27)18(28)10-15(24)5-6-16-17-7-8-26(23(31)32,25(17,2)12-19(29)21(16)24)34-22(30)20-4-3-9-33-20/h3-4,9-10,13-14,16-17,19,21,29H,5-8,11-12H2,1-2H3,(H,31,32)/t14?,16-,17-,19-,21+,24-,25-,26+/m1/s1. The molecule has 0 saturated heterocycles. The number of carboxylic acids is 1. The van der Waals surface area contributed by atoms with Crippen LogP contribution >= 0.6 is 0 Å². The highest BCUT2D eigenvalue weighted by molar-refractivity contribution is 6.02. The van der Waals surface area contributed by atoms with Crippen molar-refractivity contribution >= 4 is 24.0 Å². The maximum Gasteiger partial charge on any atom is 0.375 e. The van der Waals surface area contributed by atoms with Crippen LogP contribution in [0.1, 0.15) is 62.9 Å². The fourth-order valence-electron chi connectivity index (χ4n) is 8.08. The minimum absolute atomic E-state index is 0.0139. The maximum absolute atomic E-state index is 12.8. The molecule has 0 amide bonds. The predicted molar refractivity (Wildman–Crippen MR) is 118 cm³/mol. The molecule has 8 heteroatoms. The smallest absolute Gasteiger partial charge is 0.375 e. The quantitative estimate of drug-likeness (QED) is 0.390. The molecule has 8 nitrogen and oxygen atoms in total. The molecule has 1 unspecified atom stereocenters. The summed E-state index contributed by atoms with van der Waals surface area (Å²) in [6, 6.07) is 2.97. The number of aldehydes is 1. The Morgan fingerprint density at radius 2 is 2.00 bits per heavy atom. The van der Waals surface area contributed by atoms with Gasteiger partial charge in [-0.25, -0.2) is 9.59 Å². The summed E-state index contributed by atoms with van der Waals surface area (Å²) in [6.07, 6.45) is 5.36. The number of fused-ring (bicyclic) bond motifs is 5. The molecule has 4 aliphatic carbocycles. The van der Waals surface area contributed by atoms with E-state index in [1.165, 1.54) is 18.4 Å². The number of aliphatic carboxylic acids is 1. The van der Waals surface area contributed by atoms with E-state index >= 15 is 0 Å². The van der Waals surface area contributed by atoms with E-state index in [2.05, 4.69) is 0 Å². The molecular weight excluding hydrogens is 440 g/mol. The van der Waals surface area contributed by atoms with E-state index in [0.717, 1.165) is 5.57 Å². The largest absolute Gasteiger partial charge is 0.478 e. The van der Waals surface area contributed by atoms with Crippen molar-refractivity contribution in [3.05, 3.63) is 35.8 Å². The second-order valence-electron chi connectivity index (χ2n) is 11.0. The van der Waals surface area contributed by atoms with Gasteiger partial charge in [0.1, 0.15) is 6.29 Å². The third-order valence-electron chi connectivity index (χ3n) is 9.62. The Kier molecular flexibility index (Phi) is 5.17. The third kappa shape index (κ3) is 2.93. The molecule has 1 aromatic rings. The van der Waals surface area contributed by atoms with Gasteiger partial charge >= 0.3 is 11.9 Å². The van der Waals surface area contributed by atoms with Crippen LogP contribution in [-0.2, 0) is 19.1 Å². The van der Waals surface area contributed by atoms with Crippen molar-refractivity contribution in [2.45, 2.75) is 64.1 Å². The fraction of sp³-hybridized carbons (Fsp3) is 0.615. The number of carbonyl (C=O) groups excluding carboxylic acids is 3. The molecule has 0 aliphatic heterocycles. The lowest BCUT2D eigenvalue weighted by molar-refractivity contribution is -0.196. The molecule has 0 radical (unpaired) electrons. The number of ether oxygens (including phenoxy) is 1. The van der Waals surface area contributed by atoms with Gasteiger partial charge < -0.3 is 24.2 Å². The van der Waals surface area contributed by atoms with E-state index in [1.807, 2.05) is 13.8 Å². The van der Waals surface area contributed by atoms with Gasteiger partial charge in [0.15, 0.2) is 5.78 Å². The van der Waals surface area contributed by atoms with Crippen LogP contribution in [0.4, 0.5) is 0 Å². The second-order valence-corrected chi connectivity index (χ2v) is 11.0. The van der Waals surface area contributed by atoms with E-state index in [-0.39, 0.29) is 42.1 Å². The Bertz CT molecular complexity index is 1070. The highest BCUT2D eigenvalue weighted by Crippen LogP contribution is 2.68. The fourth-order valence-corrected chi connectivity index (χ4v) is 8.08. The number of allylic oxidation sites excluding steroid dienone is 1. The first-order valence-electron chi connectivity index (χ1n) is 12.0. The normalized spacial score (nSPS) is 43.2. The number of carboxylic acid groups (broad SMARTS) is 1. The number of aliphatic hydroxyl groups excluding tert-OH is 1. The average Bonchev–Trinajstić information content (AvgIpc) is 3.41. The van der Waals surface area contributed by atoms with Crippen molar-refractivity contribution < 1.29 is 38.5 Å². The Balaban J connectivity index is 1.52. The van der Waals surface area contributed by atoms with Gasteiger partial charge in [0, 0.05) is 5.41 Å². The number of esters is 1. The van der Waals surface area contributed by atoms with Crippen LogP contribution < -0.4 is 0 Å². The van der Waals surface area contributed by atoms with Gasteiger partial charge in [-0.05, 0) is 79.9 Å². The van der Waals surface area contributed by atoms with Gasteiger partial charge in [-0.1, -0.05) is 19.4 Å². The minimum atomic E-state index is -1.78. The number of furan rings is 1. The van der Waals surface area contributed by atoms with Crippen molar-refractivity contribution in [2.24, 2.45) is 34.5 Å². The minimum Gasteiger partial charge on any atom is -0.478 e. The number of hydrogen-bond acceptors (Lipinski definition) is 7. The molecule has 3 fully saturated rings. The summed E-state index contributed by atoms with van der Waals surface area (Å²) in [7, 11) is 0. The summed E-state index contributed by atoms with van der Waals surface area (Å²) in [4.78, 5) is 49.4. The first-order valence-corrected chi connectivity index (χ1v) is 12.0. The molecule has 0 bridgehead atoms. The zero-order valence-electron chi connectivity index (χ0n) is 19.4. The summed E-state index contributed by atoms with van der Waals surface area (Å²) in [5, 5.41) is 21.9. The Morgan fingerprint density at radius 1 is 1.24 bits per heavy atom. The van der Waals surface area contributed by atoms with E-state index in [0.29, 0.717) is 32.0 Å². The van der Waals surface area contributed by atoms with Gasteiger partial charge in [0.2, 0.25) is 11.4 Å². The zero-order valence-corrected chi connectivity index (χ0v) is 19.4. The van der Waals surface area contributed by atoms with Crippen LogP contribution in [0, 0.1) is 34.5 Å². The Morgan fingerprint density at radius 3 is 2.65 bits per heavy atom. The SMILES string of the molecule is C[C@@]12CC(C=O)C(=O)C=C1CC[C@H]1[C@H]2[C@H](O)C[C@]2(C)[C@@H]1CC[C@]2(OC(=O)c1ccco1)C(=O)O. The van der Waals surface area contributed by atoms with E-state index in [9.17, 15) is 29.4 Å². The highest BCUT2D eigenvalue weighted by atomic mass is 16.6. The first-order chi connectivity index (χ1) is 16.1. The Hall–Kier alpha value is -2.74. The van der Waals surface area contributed by atoms with Gasteiger partial charge in [0.25, 0.3) is 0 Å². The molecule has 8 atom stereocenters. The summed E-state index contributed by atoms with van der Waals surface area (Å²) in [5.74, 6) is -3.30. The van der Waals surface area contributed by atoms with Crippen LogP contribution in [0.25, 0.3) is 0 Å². The maximum atomic E-state index is 12.8. The molecule has 4 aliphatic rings. The lowest BCUT2D eigenvalue weighted by Gasteiger charge is -2.60. The topological polar surface area (TPSA) is 131 Å². The highest BCUT2D eigenvalue weighted by Gasteiger charge is 2.71. The van der Waals surface area contributed by atoms with Gasteiger partial charge in [-0.3, -0.25) is 4.79 Å². The molecule has 182 valence electrons. The second kappa shape index (κ2) is 7.63. The van der Waals surface area contributed by atoms with E-state index in [1.54, 1.807) is 6.08 Å². The lowest BCUT2D eigenvalue weighted by atomic mass is 9.45. The molecule has 34 heavy (non-hydrogen) atoms. The van der Waals surface area contributed by atoms with Crippen molar-refractivity contribution in [3.63, 3.8) is 0 Å². The molecule has 1 aromatic heterocycles. The molecule has 3 saturated carbocycles. The van der Waals surface area contributed by atoms with E-state index < -0.39 is 40.4 Å². The van der Waals surface area contributed by atoms with Gasteiger partial charge in [-0.15, -0.1) is 0 Å². The van der Waals surface area contributed by atoms with Crippen LogP contribution in [0.15, 0.2) is 34.5 Å². The summed E-state index contributed by atoms with van der Waals surface area (Å²) in [5.41, 5.74) is -2.29. The molecular formula is C26H30O8. The Labute approximate surface area is 197 Å². The molecule has 2 N–H and O–H groups in total. The van der Waals surface area contributed by atoms with Crippen molar-refractivity contribution in [1.82, 2.24) is 0 Å². The van der Waals surface area contributed by atoms with Crippen LogP contribution in [0.3, 0.4) is 0 Å². The average molecular weight is 471 g/mol. The van der Waals surface area contributed by atoms with E-state index in [4.69, 9.17) is 9.15 Å². The summed E-state index contributed by atoms with van der Waals surface area (Å²) < 4.78 is 10.9. The van der Waals surface area contributed by atoms with Crippen molar-refractivity contribution in [2.75, 3.05) is 0 Å². The number of carbonyl (C=O) groups is 4. The van der Waals surface area contributed by atoms with Gasteiger partial charge in [0.05, 0.1) is 18.3 Å². The molecule has 0 aromatic carbocycles. The van der Waals surface area contributed by atoms with Crippen LogP contribution in [0.5, 0.6) is 0 Å². The molecule has 5 rings (SSSR count). The first kappa shape index (κ1) is 23.0. The van der Waals surface area contributed by atoms with Crippen molar-refractivity contribution in [1.29, 1.82) is 0 Å². The number of aliphatic hydroxyl groups is 1. The third-order valence-corrected chi connectivity index (χ3v) is 9.62. The monoisotopic (exact) mass is 470 g/mol.